The molecule has 19 heavy (non-hydrogen) atoms. The molecule has 0 unspecified atom stereocenters. The largest absolute Gasteiger partial charge is 0.351 e. The first-order valence-corrected chi connectivity index (χ1v) is 6.03. The number of amides is 2. The number of hydrogen-bond acceptors (Lipinski definition) is 3. The van der Waals surface area contributed by atoms with E-state index in [4.69, 9.17) is 0 Å². The number of carbonyl (C=O) groups excluding carboxylic acids is 2. The number of rotatable bonds is 4. The van der Waals surface area contributed by atoms with Crippen molar-refractivity contribution in [1.29, 1.82) is 0 Å². The van der Waals surface area contributed by atoms with Crippen LogP contribution in [0.15, 0.2) is 29.4 Å². The van der Waals surface area contributed by atoms with Crippen LogP contribution in [0.1, 0.15) is 18.4 Å². The average Bonchev–Trinajstić information content (AvgIpc) is 2.41. The molecular weight excluding hydrogens is 249 g/mol. The Hall–Kier alpha value is -2.24. The van der Waals surface area contributed by atoms with Gasteiger partial charge in [-0.25, -0.2) is 9.82 Å². The van der Waals surface area contributed by atoms with Gasteiger partial charge in [0.05, 0.1) is 0 Å². The summed E-state index contributed by atoms with van der Waals surface area (Å²) in [5, 5.41) is 6.42. The summed E-state index contributed by atoms with van der Waals surface area (Å²) in [7, 11) is 0. The van der Waals surface area contributed by atoms with E-state index in [1.807, 2.05) is 0 Å². The SMILES string of the molecule is O=C1CCC(C(=O)NCCc2ccc(F)cc2)=NN1. The molecule has 0 radical (unpaired) electrons. The predicted molar refractivity (Wildman–Crippen MR) is 67.9 cm³/mol. The van der Waals surface area contributed by atoms with Crippen LogP contribution in [-0.4, -0.2) is 24.1 Å². The maximum Gasteiger partial charge on any atom is 0.267 e. The van der Waals surface area contributed by atoms with Gasteiger partial charge in [-0.1, -0.05) is 12.1 Å². The van der Waals surface area contributed by atoms with E-state index in [0.717, 1.165) is 5.56 Å². The Morgan fingerprint density at radius 3 is 2.68 bits per heavy atom. The highest BCUT2D eigenvalue weighted by Gasteiger charge is 2.17. The summed E-state index contributed by atoms with van der Waals surface area (Å²) in [6.07, 6.45) is 1.25. The van der Waals surface area contributed by atoms with Gasteiger partial charge in [0.15, 0.2) is 0 Å². The Morgan fingerprint density at radius 2 is 2.05 bits per heavy atom. The summed E-state index contributed by atoms with van der Waals surface area (Å²) in [5.74, 6) is -0.731. The number of nitrogens with one attached hydrogen (secondary N) is 2. The molecule has 1 aromatic rings. The molecule has 0 saturated carbocycles. The Balaban J connectivity index is 1.78. The van der Waals surface area contributed by atoms with Crippen LogP contribution in [0, 0.1) is 5.82 Å². The molecule has 2 rings (SSSR count). The van der Waals surface area contributed by atoms with Crippen molar-refractivity contribution in [2.24, 2.45) is 5.10 Å². The average molecular weight is 263 g/mol. The molecule has 2 N–H and O–H groups in total. The zero-order valence-electron chi connectivity index (χ0n) is 10.3. The van der Waals surface area contributed by atoms with Gasteiger partial charge in [-0.3, -0.25) is 9.59 Å². The molecule has 0 fully saturated rings. The van der Waals surface area contributed by atoms with E-state index in [0.29, 0.717) is 25.1 Å². The van der Waals surface area contributed by atoms with Gasteiger partial charge in [-0.15, -0.1) is 0 Å². The van der Waals surface area contributed by atoms with Gasteiger partial charge in [-0.05, 0) is 24.1 Å². The summed E-state index contributed by atoms with van der Waals surface area (Å²) in [4.78, 5) is 22.6. The van der Waals surface area contributed by atoms with Gasteiger partial charge in [0.1, 0.15) is 11.5 Å². The molecule has 100 valence electrons. The minimum Gasteiger partial charge on any atom is -0.351 e. The first kappa shape index (κ1) is 13.2. The molecule has 6 heteroatoms. The van der Waals surface area contributed by atoms with Crippen molar-refractivity contribution in [1.82, 2.24) is 10.7 Å². The Kier molecular flexibility index (Phi) is 4.22. The molecule has 0 saturated heterocycles. The lowest BCUT2D eigenvalue weighted by atomic mass is 10.1. The number of benzene rings is 1. The predicted octanol–water partition coefficient (Wildman–Crippen LogP) is 0.750. The highest BCUT2D eigenvalue weighted by atomic mass is 19.1. The van der Waals surface area contributed by atoms with E-state index in [2.05, 4.69) is 15.8 Å². The quantitative estimate of drug-likeness (QED) is 0.841. The topological polar surface area (TPSA) is 70.6 Å². The van der Waals surface area contributed by atoms with Crippen LogP contribution >= 0.6 is 0 Å². The first-order chi connectivity index (χ1) is 9.15. The van der Waals surface area contributed by atoms with Crippen molar-refractivity contribution in [3.63, 3.8) is 0 Å². The standard InChI is InChI=1S/C13H14FN3O2/c14-10-3-1-9(2-4-10)7-8-15-13(19)11-5-6-12(18)17-16-11/h1-4H,5-8H2,(H,15,19)(H,17,18). The number of halogens is 1. The summed E-state index contributed by atoms with van der Waals surface area (Å²) in [6, 6.07) is 6.13. The van der Waals surface area contributed by atoms with Crippen LogP contribution in [0.3, 0.4) is 0 Å². The van der Waals surface area contributed by atoms with Crippen LogP contribution < -0.4 is 10.7 Å². The van der Waals surface area contributed by atoms with E-state index >= 15 is 0 Å². The maximum absolute atomic E-state index is 12.7. The fourth-order valence-corrected chi connectivity index (χ4v) is 1.71. The highest BCUT2D eigenvalue weighted by Crippen LogP contribution is 2.03. The third-order valence-electron chi connectivity index (χ3n) is 2.78. The lowest BCUT2D eigenvalue weighted by Gasteiger charge is -2.11. The van der Waals surface area contributed by atoms with Crippen molar-refractivity contribution in [3.8, 4) is 0 Å². The lowest BCUT2D eigenvalue weighted by molar-refractivity contribution is -0.121. The monoisotopic (exact) mass is 263 g/mol. The van der Waals surface area contributed by atoms with Crippen LogP contribution in [0.25, 0.3) is 0 Å². The normalized spacial score (nSPS) is 14.6. The summed E-state index contributed by atoms with van der Waals surface area (Å²) in [6.45, 7) is 0.442. The number of nitrogens with zero attached hydrogens (tertiary/aromatic N) is 1. The van der Waals surface area contributed by atoms with Crippen LogP contribution in [0.2, 0.25) is 0 Å². The van der Waals surface area contributed by atoms with E-state index < -0.39 is 0 Å². The second kappa shape index (κ2) is 6.08. The fourth-order valence-electron chi connectivity index (χ4n) is 1.71. The first-order valence-electron chi connectivity index (χ1n) is 6.03. The van der Waals surface area contributed by atoms with Gasteiger partial charge in [0.2, 0.25) is 5.91 Å². The summed E-state index contributed by atoms with van der Waals surface area (Å²) >= 11 is 0. The third-order valence-corrected chi connectivity index (χ3v) is 2.78. The minimum absolute atomic E-state index is 0.178. The van der Waals surface area contributed by atoms with Crippen LogP contribution in [0.4, 0.5) is 4.39 Å². The Bertz CT molecular complexity index is 511. The van der Waals surface area contributed by atoms with Crippen LogP contribution in [-0.2, 0) is 16.0 Å². The zero-order chi connectivity index (χ0) is 13.7. The number of carbonyl (C=O) groups is 2. The van der Waals surface area contributed by atoms with Gasteiger partial charge < -0.3 is 5.32 Å². The molecule has 0 aromatic heterocycles. The van der Waals surface area contributed by atoms with Gasteiger partial charge in [-0.2, -0.15) is 5.10 Å². The van der Waals surface area contributed by atoms with Crippen molar-refractivity contribution in [3.05, 3.63) is 35.6 Å². The molecule has 0 spiro atoms. The van der Waals surface area contributed by atoms with Crippen LogP contribution in [0.5, 0.6) is 0 Å². The maximum atomic E-state index is 12.7. The van der Waals surface area contributed by atoms with Crippen molar-refractivity contribution >= 4 is 17.5 Å². The molecule has 1 aliphatic heterocycles. The molecule has 1 aromatic carbocycles. The van der Waals surface area contributed by atoms with Gasteiger partial charge in [0, 0.05) is 19.4 Å². The fraction of sp³-hybridized carbons (Fsp3) is 0.308. The zero-order valence-corrected chi connectivity index (χ0v) is 10.3. The van der Waals surface area contributed by atoms with Gasteiger partial charge in [0.25, 0.3) is 5.91 Å². The van der Waals surface area contributed by atoms with E-state index in [9.17, 15) is 14.0 Å². The third kappa shape index (κ3) is 3.87. The summed E-state index contributed by atoms with van der Waals surface area (Å²) < 4.78 is 12.7. The van der Waals surface area contributed by atoms with E-state index in [1.165, 1.54) is 12.1 Å². The highest BCUT2D eigenvalue weighted by molar-refractivity contribution is 6.39. The molecule has 0 aliphatic carbocycles. The molecule has 2 amide bonds. The number of hydrogen-bond donors (Lipinski definition) is 2. The van der Waals surface area contributed by atoms with E-state index in [-0.39, 0.29) is 24.1 Å². The lowest BCUT2D eigenvalue weighted by Crippen LogP contribution is -2.37. The molecule has 1 aliphatic rings. The molecule has 1 heterocycles. The van der Waals surface area contributed by atoms with Crippen molar-refractivity contribution < 1.29 is 14.0 Å². The summed E-state index contributed by atoms with van der Waals surface area (Å²) in [5.41, 5.74) is 3.55. The van der Waals surface area contributed by atoms with E-state index in [1.54, 1.807) is 12.1 Å². The van der Waals surface area contributed by atoms with Crippen molar-refractivity contribution in [2.45, 2.75) is 19.3 Å². The molecule has 0 atom stereocenters. The number of hydrazone groups is 1. The second-order valence-corrected chi connectivity index (χ2v) is 4.23. The second-order valence-electron chi connectivity index (χ2n) is 4.23. The molecule has 0 bridgehead atoms. The van der Waals surface area contributed by atoms with Gasteiger partial charge >= 0.3 is 0 Å². The molecular formula is C13H14FN3O2. The Labute approximate surface area is 109 Å². The smallest absolute Gasteiger partial charge is 0.267 e. The van der Waals surface area contributed by atoms with Crippen molar-refractivity contribution in [2.75, 3.05) is 6.54 Å². The minimum atomic E-state index is -0.278. The molecule has 5 nitrogen and oxygen atoms in total. The Morgan fingerprint density at radius 1 is 1.32 bits per heavy atom.